The van der Waals surface area contributed by atoms with Gasteiger partial charge in [0.2, 0.25) is 5.91 Å². The average molecular weight is 435 g/mol. The van der Waals surface area contributed by atoms with Gasteiger partial charge in [0.05, 0.1) is 6.54 Å². The number of terminal acetylenes is 1. The molecule has 1 aliphatic rings. The molecule has 5 rings (SSSR count). The molecule has 0 spiro atoms. The van der Waals surface area contributed by atoms with Crippen LogP contribution in [0.2, 0.25) is 0 Å². The minimum absolute atomic E-state index is 0.0145. The average Bonchev–Trinajstić information content (AvgIpc) is 2.85. The van der Waals surface area contributed by atoms with Crippen molar-refractivity contribution in [1.82, 2.24) is 0 Å². The number of fused-ring (bicyclic) bond motifs is 3. The molecule has 1 atom stereocenters. The number of rotatable bonds is 5. The number of carbonyl (C=O) groups is 1. The quantitative estimate of drug-likeness (QED) is 0.357. The van der Waals surface area contributed by atoms with Gasteiger partial charge in [-0.05, 0) is 46.2 Å². The highest BCUT2D eigenvalue weighted by molar-refractivity contribution is 6.03. The molecule has 4 aromatic rings. The van der Waals surface area contributed by atoms with Crippen LogP contribution in [0.3, 0.4) is 0 Å². The van der Waals surface area contributed by atoms with Gasteiger partial charge in [0.1, 0.15) is 18.2 Å². The Labute approximate surface area is 192 Å². The maximum absolute atomic E-state index is 13.9. The lowest BCUT2D eigenvalue weighted by atomic mass is 9.81. The van der Waals surface area contributed by atoms with Gasteiger partial charge in [-0.15, -0.1) is 6.42 Å². The van der Waals surface area contributed by atoms with Crippen LogP contribution in [0, 0.1) is 18.2 Å². The maximum atomic E-state index is 13.9. The van der Waals surface area contributed by atoms with Gasteiger partial charge in [-0.2, -0.15) is 0 Å². The molecule has 0 fully saturated rings. The van der Waals surface area contributed by atoms with Crippen molar-refractivity contribution in [2.45, 2.75) is 18.9 Å². The van der Waals surface area contributed by atoms with Crippen molar-refractivity contribution >= 4 is 22.4 Å². The van der Waals surface area contributed by atoms with Gasteiger partial charge in [-0.3, -0.25) is 4.79 Å². The second-order valence-corrected chi connectivity index (χ2v) is 8.11. The van der Waals surface area contributed by atoms with E-state index in [9.17, 15) is 9.18 Å². The molecule has 0 aliphatic carbocycles. The van der Waals surface area contributed by atoms with Crippen LogP contribution in [-0.2, 0) is 11.4 Å². The van der Waals surface area contributed by atoms with E-state index in [1.807, 2.05) is 48.5 Å². The molecule has 4 aromatic carbocycles. The third kappa shape index (κ3) is 3.94. The van der Waals surface area contributed by atoms with E-state index in [1.54, 1.807) is 23.1 Å². The minimum Gasteiger partial charge on any atom is -0.489 e. The standard InChI is InChI=1S/C29H22FNO2/c1-2-17-31-27-16-13-20-7-3-5-9-24(20)29(27)25(18-28(31)32)21-11-14-23(15-12-21)33-19-22-8-4-6-10-26(22)30/h1,3-16,25H,17-19H2. The fraction of sp³-hybridized carbons (Fsp3) is 0.138. The van der Waals surface area contributed by atoms with Crippen LogP contribution in [0.25, 0.3) is 10.8 Å². The first-order valence-electron chi connectivity index (χ1n) is 10.9. The predicted octanol–water partition coefficient (Wildman–Crippen LogP) is 6.06. The number of halogens is 1. The third-order valence-corrected chi connectivity index (χ3v) is 6.15. The summed E-state index contributed by atoms with van der Waals surface area (Å²) in [7, 11) is 0. The molecule has 1 aliphatic heterocycles. The molecule has 0 saturated heterocycles. The molecule has 0 N–H and O–H groups in total. The lowest BCUT2D eigenvalue weighted by Gasteiger charge is -2.34. The Hall–Kier alpha value is -4.10. The van der Waals surface area contributed by atoms with Gasteiger partial charge in [0.25, 0.3) is 0 Å². The molecular weight excluding hydrogens is 413 g/mol. The van der Waals surface area contributed by atoms with Gasteiger partial charge < -0.3 is 9.64 Å². The van der Waals surface area contributed by atoms with Crippen LogP contribution in [0.1, 0.15) is 29.0 Å². The Kier molecular flexibility index (Phi) is 5.54. The van der Waals surface area contributed by atoms with Crippen molar-refractivity contribution in [2.24, 2.45) is 0 Å². The zero-order valence-corrected chi connectivity index (χ0v) is 18.0. The van der Waals surface area contributed by atoms with E-state index in [0.717, 1.165) is 27.6 Å². The number of anilines is 1. The van der Waals surface area contributed by atoms with Crippen molar-refractivity contribution in [3.8, 4) is 18.1 Å². The van der Waals surface area contributed by atoms with E-state index in [4.69, 9.17) is 11.2 Å². The summed E-state index contributed by atoms with van der Waals surface area (Å²) < 4.78 is 19.7. The summed E-state index contributed by atoms with van der Waals surface area (Å²) in [4.78, 5) is 14.7. The lowest BCUT2D eigenvalue weighted by Crippen LogP contribution is -2.37. The van der Waals surface area contributed by atoms with Crippen molar-refractivity contribution in [3.05, 3.63) is 107 Å². The summed E-state index contributed by atoms with van der Waals surface area (Å²) in [5.41, 5.74) is 3.52. The number of carbonyl (C=O) groups excluding carboxylic acids is 1. The summed E-state index contributed by atoms with van der Waals surface area (Å²) in [6.07, 6.45) is 5.90. The lowest BCUT2D eigenvalue weighted by molar-refractivity contribution is -0.119. The van der Waals surface area contributed by atoms with E-state index in [-0.39, 0.29) is 30.8 Å². The number of ether oxygens (including phenoxy) is 1. The maximum Gasteiger partial charge on any atom is 0.228 e. The van der Waals surface area contributed by atoms with Crippen LogP contribution in [0.15, 0.2) is 84.9 Å². The number of hydrogen-bond acceptors (Lipinski definition) is 2. The number of amides is 1. The third-order valence-electron chi connectivity index (χ3n) is 6.15. The van der Waals surface area contributed by atoms with Crippen LogP contribution >= 0.6 is 0 Å². The number of nitrogens with zero attached hydrogens (tertiary/aromatic N) is 1. The summed E-state index contributed by atoms with van der Waals surface area (Å²) in [6.45, 7) is 0.405. The Morgan fingerprint density at radius 1 is 0.970 bits per heavy atom. The van der Waals surface area contributed by atoms with Crippen LogP contribution in [0.4, 0.5) is 10.1 Å². The highest BCUT2D eigenvalue weighted by atomic mass is 19.1. The molecule has 1 amide bonds. The number of hydrogen-bond donors (Lipinski definition) is 0. The second kappa shape index (κ2) is 8.80. The second-order valence-electron chi connectivity index (χ2n) is 8.11. The Morgan fingerprint density at radius 3 is 2.52 bits per heavy atom. The molecule has 0 radical (unpaired) electrons. The zero-order valence-electron chi connectivity index (χ0n) is 18.0. The highest BCUT2D eigenvalue weighted by Gasteiger charge is 2.33. The van der Waals surface area contributed by atoms with Crippen molar-refractivity contribution in [3.63, 3.8) is 0 Å². The normalized spacial score (nSPS) is 15.2. The minimum atomic E-state index is -0.283. The van der Waals surface area contributed by atoms with Gasteiger partial charge in [0.15, 0.2) is 0 Å². The molecule has 1 heterocycles. The first kappa shape index (κ1) is 20.8. The molecular formula is C29H22FNO2. The summed E-state index contributed by atoms with van der Waals surface area (Å²) in [5.74, 6) is 2.90. The van der Waals surface area contributed by atoms with Crippen molar-refractivity contribution in [1.29, 1.82) is 0 Å². The predicted molar refractivity (Wildman–Crippen MR) is 129 cm³/mol. The molecule has 4 heteroatoms. The van der Waals surface area contributed by atoms with E-state index in [0.29, 0.717) is 17.7 Å². The van der Waals surface area contributed by atoms with E-state index < -0.39 is 0 Å². The molecule has 3 nitrogen and oxygen atoms in total. The van der Waals surface area contributed by atoms with E-state index in [1.165, 1.54) is 6.07 Å². The summed E-state index contributed by atoms with van der Waals surface area (Å²) >= 11 is 0. The van der Waals surface area contributed by atoms with Crippen molar-refractivity contribution < 1.29 is 13.9 Å². The molecule has 0 saturated carbocycles. The van der Waals surface area contributed by atoms with Crippen LogP contribution in [0.5, 0.6) is 5.75 Å². The Morgan fingerprint density at radius 2 is 1.73 bits per heavy atom. The molecule has 1 unspecified atom stereocenters. The smallest absolute Gasteiger partial charge is 0.228 e. The van der Waals surface area contributed by atoms with Crippen LogP contribution in [-0.4, -0.2) is 12.5 Å². The first-order valence-corrected chi connectivity index (χ1v) is 10.9. The summed E-state index contributed by atoms with van der Waals surface area (Å²) in [5, 5.41) is 2.25. The van der Waals surface area contributed by atoms with E-state index >= 15 is 0 Å². The van der Waals surface area contributed by atoms with Gasteiger partial charge in [-0.1, -0.05) is 66.6 Å². The first-order chi connectivity index (χ1) is 16.2. The SMILES string of the molecule is C#CCN1C(=O)CC(c2ccc(OCc3ccccc3F)cc2)c2c1ccc1ccccc21. The monoisotopic (exact) mass is 435 g/mol. The van der Waals surface area contributed by atoms with Gasteiger partial charge in [0, 0.05) is 23.6 Å². The van der Waals surface area contributed by atoms with Crippen LogP contribution < -0.4 is 9.64 Å². The fourth-order valence-electron chi connectivity index (χ4n) is 4.53. The highest BCUT2D eigenvalue weighted by Crippen LogP contribution is 2.44. The molecule has 0 bridgehead atoms. The molecule has 0 aromatic heterocycles. The molecule has 162 valence electrons. The largest absolute Gasteiger partial charge is 0.489 e. The molecule has 33 heavy (non-hydrogen) atoms. The number of benzene rings is 4. The van der Waals surface area contributed by atoms with E-state index in [2.05, 4.69) is 18.1 Å². The Balaban J connectivity index is 1.49. The summed E-state index contributed by atoms with van der Waals surface area (Å²) in [6, 6.07) is 26.5. The van der Waals surface area contributed by atoms with Gasteiger partial charge in [-0.25, -0.2) is 4.39 Å². The topological polar surface area (TPSA) is 29.5 Å². The zero-order chi connectivity index (χ0) is 22.8. The Bertz CT molecular complexity index is 1370. The van der Waals surface area contributed by atoms with Crippen molar-refractivity contribution in [2.75, 3.05) is 11.4 Å². The fourth-order valence-corrected chi connectivity index (χ4v) is 4.53. The van der Waals surface area contributed by atoms with Gasteiger partial charge >= 0.3 is 0 Å².